The van der Waals surface area contributed by atoms with Gasteiger partial charge in [0.1, 0.15) is 5.75 Å². The van der Waals surface area contributed by atoms with Gasteiger partial charge in [-0.2, -0.15) is 0 Å². The Balaban J connectivity index is 1.63. The summed E-state index contributed by atoms with van der Waals surface area (Å²) in [4.78, 5) is 24.5. The zero-order valence-electron chi connectivity index (χ0n) is 18.3. The van der Waals surface area contributed by atoms with Crippen molar-refractivity contribution in [2.75, 3.05) is 20.3 Å². The molecule has 1 N–H and O–H groups in total. The minimum absolute atomic E-state index is 0.0274. The van der Waals surface area contributed by atoms with Gasteiger partial charge in [-0.15, -0.1) is 0 Å². The molecule has 0 aliphatic carbocycles. The van der Waals surface area contributed by atoms with Crippen LogP contribution in [0.25, 0.3) is 10.9 Å². The van der Waals surface area contributed by atoms with Crippen LogP contribution in [0.15, 0.2) is 47.4 Å². The number of Topliss-reactive ketones (excluding diaryl/α,β-unsaturated/α-hetero) is 1. The summed E-state index contributed by atoms with van der Waals surface area (Å²) in [6.07, 6.45) is 0.184. The first-order valence-electron chi connectivity index (χ1n) is 10.1. The molecule has 1 aliphatic rings. The van der Waals surface area contributed by atoms with Crippen molar-refractivity contribution in [3.05, 3.63) is 58.7 Å². The van der Waals surface area contributed by atoms with Gasteiger partial charge in [0.25, 0.3) is 10.0 Å². The Hall–Kier alpha value is -2.88. The van der Waals surface area contributed by atoms with Gasteiger partial charge in [-0.3, -0.25) is 9.59 Å². The molecule has 0 unspecified atom stereocenters. The number of halogens is 1. The van der Waals surface area contributed by atoms with E-state index in [4.69, 9.17) is 21.1 Å². The number of hydrogen-bond acceptors (Lipinski definition) is 6. The van der Waals surface area contributed by atoms with Crippen molar-refractivity contribution in [2.45, 2.75) is 23.7 Å². The molecule has 4 rings (SSSR count). The second kappa shape index (κ2) is 8.48. The standard InChI is InChI=1S/C23H23ClN2O6S/c1-14(27)25-33(29,30)16-6-4-15(5-7-16)23(12-32-13-23)11-20(28)19-10-17-18(26(19)2)8-9-21(31-3)22(17)24/h4-10H,11-13H2,1-3H3,(H,25,27). The highest BCUT2D eigenvalue weighted by Crippen LogP contribution is 2.39. The van der Waals surface area contributed by atoms with Gasteiger partial charge in [-0.05, 0) is 35.9 Å². The van der Waals surface area contributed by atoms with Crippen molar-refractivity contribution in [2.24, 2.45) is 7.05 Å². The first kappa shape index (κ1) is 23.3. The quantitative estimate of drug-likeness (QED) is 0.510. The Morgan fingerprint density at radius 1 is 1.18 bits per heavy atom. The number of rotatable bonds is 7. The lowest BCUT2D eigenvalue weighted by molar-refractivity contribution is -0.117. The van der Waals surface area contributed by atoms with E-state index in [1.807, 2.05) is 17.8 Å². The molecule has 2 heterocycles. The summed E-state index contributed by atoms with van der Waals surface area (Å²) in [5.74, 6) is -0.213. The minimum Gasteiger partial charge on any atom is -0.495 e. The van der Waals surface area contributed by atoms with E-state index in [0.29, 0.717) is 29.7 Å². The second-order valence-electron chi connectivity index (χ2n) is 8.16. The van der Waals surface area contributed by atoms with Crippen molar-refractivity contribution in [3.8, 4) is 5.75 Å². The van der Waals surface area contributed by atoms with Gasteiger partial charge in [-0.25, -0.2) is 13.1 Å². The largest absolute Gasteiger partial charge is 0.495 e. The van der Waals surface area contributed by atoms with Gasteiger partial charge in [0.05, 0.1) is 41.5 Å². The van der Waals surface area contributed by atoms with Crippen LogP contribution in [0.5, 0.6) is 5.75 Å². The minimum atomic E-state index is -3.93. The number of sulfonamides is 1. The maximum Gasteiger partial charge on any atom is 0.264 e. The number of fused-ring (bicyclic) bond motifs is 1. The van der Waals surface area contributed by atoms with Gasteiger partial charge in [-0.1, -0.05) is 23.7 Å². The SMILES string of the molecule is COc1ccc2c(cc(C(=O)CC3(c4ccc(S(=O)(=O)NC(C)=O)cc4)COC3)n2C)c1Cl. The van der Waals surface area contributed by atoms with E-state index < -0.39 is 21.3 Å². The smallest absolute Gasteiger partial charge is 0.264 e. The molecule has 3 aromatic rings. The first-order chi connectivity index (χ1) is 15.6. The molecule has 1 saturated heterocycles. The lowest BCUT2D eigenvalue weighted by Gasteiger charge is -2.41. The highest BCUT2D eigenvalue weighted by molar-refractivity contribution is 7.90. The Bertz CT molecular complexity index is 1360. The molecule has 1 aliphatic heterocycles. The molecule has 10 heteroatoms. The predicted molar refractivity (Wildman–Crippen MR) is 123 cm³/mol. The highest BCUT2D eigenvalue weighted by Gasteiger charge is 2.43. The van der Waals surface area contributed by atoms with E-state index in [2.05, 4.69) is 0 Å². The Morgan fingerprint density at radius 2 is 1.85 bits per heavy atom. The Kier molecular flexibility index (Phi) is 5.98. The zero-order chi connectivity index (χ0) is 24.0. The number of amides is 1. The number of aromatic nitrogens is 1. The van der Waals surface area contributed by atoms with E-state index in [1.165, 1.54) is 19.2 Å². The molecule has 0 bridgehead atoms. The van der Waals surface area contributed by atoms with Gasteiger partial charge in [0.15, 0.2) is 5.78 Å². The third-order valence-electron chi connectivity index (χ3n) is 5.94. The molecule has 8 nitrogen and oxygen atoms in total. The molecule has 0 radical (unpaired) electrons. The van der Waals surface area contributed by atoms with Crippen molar-refractivity contribution >= 4 is 44.2 Å². The van der Waals surface area contributed by atoms with E-state index in [1.54, 1.807) is 28.8 Å². The maximum absolute atomic E-state index is 13.3. The van der Waals surface area contributed by atoms with Gasteiger partial charge in [0, 0.05) is 31.2 Å². The van der Waals surface area contributed by atoms with E-state index in [0.717, 1.165) is 23.4 Å². The van der Waals surface area contributed by atoms with Crippen LogP contribution in [0, 0.1) is 0 Å². The number of nitrogens with zero attached hydrogens (tertiary/aromatic N) is 1. The monoisotopic (exact) mass is 490 g/mol. The third kappa shape index (κ3) is 4.12. The third-order valence-corrected chi connectivity index (χ3v) is 7.78. The van der Waals surface area contributed by atoms with Crippen LogP contribution < -0.4 is 9.46 Å². The summed E-state index contributed by atoms with van der Waals surface area (Å²) in [6, 6.07) is 11.5. The molecule has 1 fully saturated rings. The average molecular weight is 491 g/mol. The van der Waals surface area contributed by atoms with Crippen molar-refractivity contribution < 1.29 is 27.5 Å². The van der Waals surface area contributed by atoms with Crippen LogP contribution in [0.4, 0.5) is 0 Å². The number of carbonyl (C=O) groups excluding carboxylic acids is 2. The number of methoxy groups -OCH3 is 1. The fourth-order valence-corrected chi connectivity index (χ4v) is 5.42. The van der Waals surface area contributed by atoms with E-state index in [9.17, 15) is 18.0 Å². The van der Waals surface area contributed by atoms with Crippen LogP contribution in [0.1, 0.15) is 29.4 Å². The summed E-state index contributed by atoms with van der Waals surface area (Å²) in [5.41, 5.74) is 1.56. The number of ether oxygens (including phenoxy) is 2. The van der Waals surface area contributed by atoms with E-state index >= 15 is 0 Å². The number of carbonyl (C=O) groups is 2. The zero-order valence-corrected chi connectivity index (χ0v) is 19.9. The van der Waals surface area contributed by atoms with Crippen LogP contribution in [-0.2, 0) is 32.0 Å². The van der Waals surface area contributed by atoms with Crippen molar-refractivity contribution in [3.63, 3.8) is 0 Å². The Morgan fingerprint density at radius 3 is 2.39 bits per heavy atom. The molecular weight excluding hydrogens is 468 g/mol. The summed E-state index contributed by atoms with van der Waals surface area (Å²) in [6.45, 7) is 1.82. The topological polar surface area (TPSA) is 104 Å². The van der Waals surface area contributed by atoms with E-state index in [-0.39, 0.29) is 17.1 Å². The number of benzene rings is 2. The lowest BCUT2D eigenvalue weighted by atomic mass is 9.74. The average Bonchev–Trinajstić information content (AvgIpc) is 3.08. The van der Waals surface area contributed by atoms with Crippen molar-refractivity contribution in [1.82, 2.24) is 9.29 Å². The fraction of sp³-hybridized carbons (Fsp3) is 0.304. The summed E-state index contributed by atoms with van der Waals surface area (Å²) in [5, 5.41) is 1.18. The molecule has 2 aromatic carbocycles. The first-order valence-corrected chi connectivity index (χ1v) is 12.0. The summed E-state index contributed by atoms with van der Waals surface area (Å²) in [7, 11) is -0.584. The number of aryl methyl sites for hydroxylation is 1. The van der Waals surface area contributed by atoms with Gasteiger partial charge < -0.3 is 14.0 Å². The number of hydrogen-bond donors (Lipinski definition) is 1. The second-order valence-corrected chi connectivity index (χ2v) is 10.2. The molecule has 0 atom stereocenters. The maximum atomic E-state index is 13.3. The molecular formula is C23H23ClN2O6S. The highest BCUT2D eigenvalue weighted by atomic mass is 35.5. The van der Waals surface area contributed by atoms with Gasteiger partial charge in [0.2, 0.25) is 5.91 Å². The lowest BCUT2D eigenvalue weighted by Crippen LogP contribution is -2.48. The van der Waals surface area contributed by atoms with Crippen LogP contribution in [0.2, 0.25) is 5.02 Å². The van der Waals surface area contributed by atoms with Crippen LogP contribution in [-0.4, -0.2) is 45.0 Å². The number of ketones is 1. The van der Waals surface area contributed by atoms with Crippen LogP contribution >= 0.6 is 11.6 Å². The Labute approximate surface area is 196 Å². The molecule has 174 valence electrons. The normalized spacial score (nSPS) is 15.2. The summed E-state index contributed by atoms with van der Waals surface area (Å²) >= 11 is 6.44. The fourth-order valence-electron chi connectivity index (χ4n) is 4.13. The van der Waals surface area contributed by atoms with Crippen LogP contribution in [0.3, 0.4) is 0 Å². The molecule has 1 aromatic heterocycles. The molecule has 1 amide bonds. The van der Waals surface area contributed by atoms with Gasteiger partial charge >= 0.3 is 0 Å². The summed E-state index contributed by atoms with van der Waals surface area (Å²) < 4.78 is 38.9. The van der Waals surface area contributed by atoms with Crippen molar-refractivity contribution in [1.29, 1.82) is 0 Å². The molecule has 33 heavy (non-hydrogen) atoms. The molecule has 0 spiro atoms. The molecule has 0 saturated carbocycles. The number of nitrogens with one attached hydrogen (secondary N) is 1. The predicted octanol–water partition coefficient (Wildman–Crippen LogP) is 3.21.